The van der Waals surface area contributed by atoms with E-state index in [1.165, 1.54) is 12.0 Å². The van der Waals surface area contributed by atoms with Gasteiger partial charge in [0.2, 0.25) is 5.91 Å². The van der Waals surface area contributed by atoms with Crippen LogP contribution < -0.4 is 0 Å². The van der Waals surface area contributed by atoms with Crippen molar-refractivity contribution in [2.75, 3.05) is 45.8 Å². The van der Waals surface area contributed by atoms with Gasteiger partial charge < -0.3 is 9.42 Å². The Morgan fingerprint density at radius 1 is 1.00 bits per heavy atom. The number of aryl methyl sites for hydroxylation is 2. The number of carbonyl (C=O) groups excluding carboxylic acids is 1. The van der Waals surface area contributed by atoms with E-state index in [0.29, 0.717) is 12.5 Å². The lowest BCUT2D eigenvalue weighted by Gasteiger charge is -2.36. The molecule has 1 aromatic rings. The molecule has 1 amide bonds. The molecule has 0 bridgehead atoms. The minimum Gasteiger partial charge on any atom is -0.361 e. The van der Waals surface area contributed by atoms with Gasteiger partial charge in [0.25, 0.3) is 0 Å². The molecule has 0 unspecified atom stereocenters. The van der Waals surface area contributed by atoms with Crippen LogP contribution >= 0.6 is 0 Å². The Kier molecular flexibility index (Phi) is 5.33. The average molecular weight is 320 g/mol. The van der Waals surface area contributed by atoms with Gasteiger partial charge >= 0.3 is 0 Å². The van der Waals surface area contributed by atoms with E-state index in [-0.39, 0.29) is 0 Å². The van der Waals surface area contributed by atoms with Gasteiger partial charge in [-0.15, -0.1) is 0 Å². The number of nitrogens with zero attached hydrogens (tertiary/aromatic N) is 4. The number of hydrogen-bond donors (Lipinski definition) is 0. The molecule has 0 aromatic carbocycles. The Bertz CT molecular complexity index is 509. The maximum atomic E-state index is 12.3. The molecule has 2 saturated heterocycles. The summed E-state index contributed by atoms with van der Waals surface area (Å²) in [5.41, 5.74) is 2.20. The van der Waals surface area contributed by atoms with Crippen molar-refractivity contribution in [1.82, 2.24) is 19.9 Å². The summed E-state index contributed by atoms with van der Waals surface area (Å²) in [4.78, 5) is 19.1. The lowest BCUT2D eigenvalue weighted by atomic mass is 10.1. The summed E-state index contributed by atoms with van der Waals surface area (Å²) in [6.45, 7) is 11.3. The van der Waals surface area contributed by atoms with Gasteiger partial charge in [-0.3, -0.25) is 14.6 Å². The van der Waals surface area contributed by atoms with Crippen LogP contribution in [0.2, 0.25) is 0 Å². The van der Waals surface area contributed by atoms with E-state index in [1.807, 2.05) is 18.7 Å². The molecule has 2 aliphatic heterocycles. The van der Waals surface area contributed by atoms with Crippen molar-refractivity contribution in [3.8, 4) is 0 Å². The zero-order chi connectivity index (χ0) is 16.2. The zero-order valence-corrected chi connectivity index (χ0v) is 14.4. The monoisotopic (exact) mass is 320 g/mol. The summed E-state index contributed by atoms with van der Waals surface area (Å²) in [6.07, 6.45) is 3.60. The highest BCUT2D eigenvalue weighted by molar-refractivity contribution is 5.78. The fourth-order valence-electron chi connectivity index (χ4n) is 3.49. The topological polar surface area (TPSA) is 52.8 Å². The van der Waals surface area contributed by atoms with E-state index in [9.17, 15) is 4.79 Å². The molecule has 6 nitrogen and oxygen atoms in total. The van der Waals surface area contributed by atoms with E-state index < -0.39 is 0 Å². The van der Waals surface area contributed by atoms with Crippen molar-refractivity contribution >= 4 is 5.91 Å². The molecule has 3 rings (SSSR count). The molecule has 0 radical (unpaired) electrons. The molecule has 0 N–H and O–H groups in total. The SMILES string of the molecule is Cc1noc(C)c1CN1CCN(CC(=O)N2CCCCC2)CC1. The van der Waals surface area contributed by atoms with E-state index in [4.69, 9.17) is 4.52 Å². The van der Waals surface area contributed by atoms with Gasteiger partial charge in [0.15, 0.2) is 0 Å². The standard InChI is InChI=1S/C17H28N4O2/c1-14-16(15(2)23-18-14)12-19-8-10-20(11-9-19)13-17(22)21-6-4-3-5-7-21/h3-13H2,1-2H3. The highest BCUT2D eigenvalue weighted by Gasteiger charge is 2.23. The predicted molar refractivity (Wildman–Crippen MR) is 88.1 cm³/mol. The first-order chi connectivity index (χ1) is 11.1. The number of rotatable bonds is 4. The number of piperazine rings is 1. The summed E-state index contributed by atoms with van der Waals surface area (Å²) in [5.74, 6) is 1.23. The summed E-state index contributed by atoms with van der Waals surface area (Å²) < 4.78 is 5.24. The number of hydrogen-bond acceptors (Lipinski definition) is 5. The molecule has 0 atom stereocenters. The average Bonchev–Trinajstić information content (AvgIpc) is 2.89. The highest BCUT2D eigenvalue weighted by Crippen LogP contribution is 2.16. The van der Waals surface area contributed by atoms with E-state index >= 15 is 0 Å². The second-order valence-corrected chi connectivity index (χ2v) is 6.80. The molecule has 2 fully saturated rings. The van der Waals surface area contributed by atoms with E-state index in [1.54, 1.807) is 0 Å². The maximum Gasteiger partial charge on any atom is 0.236 e. The van der Waals surface area contributed by atoms with Crippen LogP contribution in [-0.4, -0.2) is 71.6 Å². The molecule has 128 valence electrons. The van der Waals surface area contributed by atoms with E-state index in [0.717, 1.165) is 70.1 Å². The normalized spacial score (nSPS) is 20.9. The second-order valence-electron chi connectivity index (χ2n) is 6.80. The minimum atomic E-state index is 0.309. The third-order valence-electron chi connectivity index (χ3n) is 5.10. The van der Waals surface area contributed by atoms with E-state index in [2.05, 4.69) is 15.0 Å². The Labute approximate surface area is 138 Å². The Morgan fingerprint density at radius 3 is 2.26 bits per heavy atom. The summed E-state index contributed by atoms with van der Waals surface area (Å²) in [6, 6.07) is 0. The smallest absolute Gasteiger partial charge is 0.236 e. The van der Waals surface area contributed by atoms with Gasteiger partial charge in [-0.25, -0.2) is 0 Å². The van der Waals surface area contributed by atoms with Gasteiger partial charge in [0.1, 0.15) is 5.76 Å². The fraction of sp³-hybridized carbons (Fsp3) is 0.765. The third kappa shape index (κ3) is 4.12. The number of likely N-dealkylation sites (tertiary alicyclic amines) is 1. The zero-order valence-electron chi connectivity index (χ0n) is 14.4. The summed E-state index contributed by atoms with van der Waals surface area (Å²) in [5, 5.41) is 4.03. The molecule has 1 aromatic heterocycles. The van der Waals surface area contributed by atoms with Crippen LogP contribution in [0.5, 0.6) is 0 Å². The van der Waals surface area contributed by atoms with Gasteiger partial charge in [-0.2, -0.15) is 0 Å². The predicted octanol–water partition coefficient (Wildman–Crippen LogP) is 1.42. The van der Waals surface area contributed by atoms with Crippen LogP contribution in [0.3, 0.4) is 0 Å². The van der Waals surface area contributed by atoms with Crippen molar-refractivity contribution < 1.29 is 9.32 Å². The molecule has 23 heavy (non-hydrogen) atoms. The molecule has 0 aliphatic carbocycles. The first kappa shape index (κ1) is 16.5. The van der Waals surface area contributed by atoms with Gasteiger partial charge in [-0.1, -0.05) is 5.16 Å². The van der Waals surface area contributed by atoms with Crippen LogP contribution in [-0.2, 0) is 11.3 Å². The second kappa shape index (κ2) is 7.45. The lowest BCUT2D eigenvalue weighted by Crippen LogP contribution is -2.50. The Morgan fingerprint density at radius 2 is 1.65 bits per heavy atom. The molecular weight excluding hydrogens is 292 g/mol. The largest absolute Gasteiger partial charge is 0.361 e. The van der Waals surface area contributed by atoms with Crippen molar-refractivity contribution in [2.24, 2.45) is 0 Å². The Balaban J connectivity index is 1.44. The lowest BCUT2D eigenvalue weighted by molar-refractivity contribution is -0.133. The molecule has 0 spiro atoms. The maximum absolute atomic E-state index is 12.3. The molecule has 2 aliphatic rings. The molecule has 6 heteroatoms. The first-order valence-electron chi connectivity index (χ1n) is 8.77. The van der Waals surface area contributed by atoms with Crippen LogP contribution in [0, 0.1) is 13.8 Å². The molecule has 3 heterocycles. The minimum absolute atomic E-state index is 0.309. The molecular formula is C17H28N4O2. The molecule has 0 saturated carbocycles. The van der Waals surface area contributed by atoms with Crippen LogP contribution in [0.4, 0.5) is 0 Å². The van der Waals surface area contributed by atoms with Crippen molar-refractivity contribution in [3.05, 3.63) is 17.0 Å². The van der Waals surface area contributed by atoms with Crippen molar-refractivity contribution in [1.29, 1.82) is 0 Å². The van der Waals surface area contributed by atoms with Crippen molar-refractivity contribution in [2.45, 2.75) is 39.7 Å². The number of carbonyl (C=O) groups is 1. The third-order valence-corrected chi connectivity index (χ3v) is 5.10. The fourth-order valence-corrected chi connectivity index (χ4v) is 3.49. The van der Waals surface area contributed by atoms with Crippen LogP contribution in [0.15, 0.2) is 4.52 Å². The quantitative estimate of drug-likeness (QED) is 0.840. The number of piperidine rings is 1. The van der Waals surface area contributed by atoms with Crippen LogP contribution in [0.25, 0.3) is 0 Å². The van der Waals surface area contributed by atoms with Gasteiger partial charge in [0.05, 0.1) is 12.2 Å². The number of amides is 1. The summed E-state index contributed by atoms with van der Waals surface area (Å²) >= 11 is 0. The first-order valence-corrected chi connectivity index (χ1v) is 8.77. The van der Waals surface area contributed by atoms with Gasteiger partial charge in [-0.05, 0) is 33.1 Å². The Hall–Kier alpha value is -1.40. The number of aromatic nitrogens is 1. The highest BCUT2D eigenvalue weighted by atomic mass is 16.5. The van der Waals surface area contributed by atoms with Crippen molar-refractivity contribution in [3.63, 3.8) is 0 Å². The summed E-state index contributed by atoms with van der Waals surface area (Å²) in [7, 11) is 0. The van der Waals surface area contributed by atoms with Crippen LogP contribution in [0.1, 0.15) is 36.3 Å². The van der Waals surface area contributed by atoms with Gasteiger partial charge in [0, 0.05) is 51.4 Å².